The topological polar surface area (TPSA) is 55.8 Å². The van der Waals surface area contributed by atoms with Gasteiger partial charge >= 0.3 is 6.03 Å². The van der Waals surface area contributed by atoms with E-state index in [0.29, 0.717) is 13.1 Å². The number of urea groups is 1. The Bertz CT molecular complexity index is 596. The van der Waals surface area contributed by atoms with Gasteiger partial charge in [-0.1, -0.05) is 6.07 Å². The molecule has 3 unspecified atom stereocenters. The van der Waals surface area contributed by atoms with Crippen LogP contribution in [0.15, 0.2) is 24.3 Å². The zero-order valence-corrected chi connectivity index (χ0v) is 14.8. The van der Waals surface area contributed by atoms with Gasteiger partial charge in [0.05, 0.1) is 6.10 Å². The van der Waals surface area contributed by atoms with Gasteiger partial charge in [0.25, 0.3) is 0 Å². The fraction of sp³-hybridized carbons (Fsp3) is 0.632. The summed E-state index contributed by atoms with van der Waals surface area (Å²) in [5.74, 6) is -0.0733. The fourth-order valence-electron chi connectivity index (χ4n) is 3.86. The number of aliphatic hydroxyl groups is 1. The summed E-state index contributed by atoms with van der Waals surface area (Å²) < 4.78 is 13.5. The van der Waals surface area contributed by atoms with Crippen LogP contribution in [0.1, 0.15) is 32.6 Å². The molecule has 2 heterocycles. The van der Waals surface area contributed by atoms with Crippen molar-refractivity contribution in [2.75, 3.05) is 31.1 Å². The molecule has 1 aromatic rings. The first kappa shape index (κ1) is 18.0. The van der Waals surface area contributed by atoms with Crippen molar-refractivity contribution in [1.82, 2.24) is 10.2 Å². The highest BCUT2D eigenvalue weighted by molar-refractivity contribution is 5.74. The zero-order valence-electron chi connectivity index (χ0n) is 14.8. The smallest absolute Gasteiger partial charge is 0.317 e. The lowest BCUT2D eigenvalue weighted by molar-refractivity contribution is 0.0732. The van der Waals surface area contributed by atoms with Crippen molar-refractivity contribution in [2.24, 2.45) is 5.92 Å². The minimum Gasteiger partial charge on any atom is -0.393 e. The molecule has 2 aliphatic heterocycles. The molecule has 2 fully saturated rings. The second-order valence-corrected chi connectivity index (χ2v) is 7.30. The predicted molar refractivity (Wildman–Crippen MR) is 96.1 cm³/mol. The van der Waals surface area contributed by atoms with E-state index < -0.39 is 0 Å². The quantitative estimate of drug-likeness (QED) is 0.882. The molecular formula is C19H28FN3O2. The number of likely N-dealkylation sites (tertiary alicyclic amines) is 1. The molecule has 2 saturated heterocycles. The lowest BCUT2D eigenvalue weighted by atomic mass is 9.93. The number of amides is 2. The molecule has 1 aromatic carbocycles. The van der Waals surface area contributed by atoms with E-state index in [1.165, 1.54) is 6.07 Å². The van der Waals surface area contributed by atoms with E-state index in [9.17, 15) is 14.3 Å². The van der Waals surface area contributed by atoms with Gasteiger partial charge in [-0.05, 0) is 50.8 Å². The zero-order chi connectivity index (χ0) is 17.8. The third-order valence-corrected chi connectivity index (χ3v) is 5.35. The summed E-state index contributed by atoms with van der Waals surface area (Å²) in [5, 5.41) is 12.9. The van der Waals surface area contributed by atoms with Crippen LogP contribution < -0.4 is 10.2 Å². The van der Waals surface area contributed by atoms with Gasteiger partial charge in [0, 0.05) is 43.8 Å². The highest BCUT2D eigenvalue weighted by Crippen LogP contribution is 2.22. The number of anilines is 1. The third-order valence-electron chi connectivity index (χ3n) is 5.35. The van der Waals surface area contributed by atoms with Crippen LogP contribution in [0.4, 0.5) is 14.9 Å². The van der Waals surface area contributed by atoms with Crippen molar-refractivity contribution in [3.63, 3.8) is 0 Å². The molecule has 2 amide bonds. The van der Waals surface area contributed by atoms with Gasteiger partial charge in [0.1, 0.15) is 5.82 Å². The van der Waals surface area contributed by atoms with E-state index in [0.717, 1.165) is 44.5 Å². The first-order valence-corrected chi connectivity index (χ1v) is 9.27. The van der Waals surface area contributed by atoms with Crippen molar-refractivity contribution in [1.29, 1.82) is 0 Å². The van der Waals surface area contributed by atoms with Crippen molar-refractivity contribution in [3.8, 4) is 0 Å². The Kier molecular flexibility index (Phi) is 5.78. The molecule has 2 aliphatic rings. The van der Waals surface area contributed by atoms with Crippen molar-refractivity contribution in [2.45, 2.75) is 44.8 Å². The lowest BCUT2D eigenvalue weighted by Gasteiger charge is -2.38. The van der Waals surface area contributed by atoms with E-state index in [1.54, 1.807) is 19.1 Å². The molecule has 0 saturated carbocycles. The number of carbonyl (C=O) groups excluding carboxylic acids is 1. The minimum absolute atomic E-state index is 0.0450. The summed E-state index contributed by atoms with van der Waals surface area (Å²) in [7, 11) is 0. The van der Waals surface area contributed by atoms with Gasteiger partial charge < -0.3 is 20.2 Å². The number of nitrogens with zero attached hydrogens (tertiary/aromatic N) is 2. The Hall–Kier alpha value is -1.82. The second kappa shape index (κ2) is 8.04. The standard InChI is InChI=1S/C19H28FN3O2/c1-14(24)15-5-3-10-23(12-15)19(25)21-17-7-4-9-22(13-17)18-8-2-6-16(20)11-18/h2,6,8,11,14-15,17,24H,3-5,7,9-10,12-13H2,1H3,(H,21,25). The Morgan fingerprint density at radius 2 is 2.08 bits per heavy atom. The van der Waals surface area contributed by atoms with Gasteiger partial charge in [0.2, 0.25) is 0 Å². The molecule has 6 heteroatoms. The number of nitrogens with one attached hydrogen (secondary N) is 1. The van der Waals surface area contributed by atoms with Crippen molar-refractivity contribution in [3.05, 3.63) is 30.1 Å². The van der Waals surface area contributed by atoms with Gasteiger partial charge in [-0.2, -0.15) is 0 Å². The van der Waals surface area contributed by atoms with Gasteiger partial charge in [0.15, 0.2) is 0 Å². The Morgan fingerprint density at radius 1 is 1.28 bits per heavy atom. The Labute approximate surface area is 148 Å². The van der Waals surface area contributed by atoms with Crippen LogP contribution in [0.3, 0.4) is 0 Å². The van der Waals surface area contributed by atoms with Crippen LogP contribution in [0.25, 0.3) is 0 Å². The van der Waals surface area contributed by atoms with Gasteiger partial charge in [-0.15, -0.1) is 0 Å². The second-order valence-electron chi connectivity index (χ2n) is 7.30. The average molecular weight is 349 g/mol. The molecule has 3 atom stereocenters. The van der Waals surface area contributed by atoms with Crippen LogP contribution in [0.5, 0.6) is 0 Å². The number of hydrogen-bond acceptors (Lipinski definition) is 3. The van der Waals surface area contributed by atoms with Gasteiger partial charge in [-0.25, -0.2) is 9.18 Å². The van der Waals surface area contributed by atoms with Gasteiger partial charge in [-0.3, -0.25) is 0 Å². The van der Waals surface area contributed by atoms with Crippen LogP contribution in [-0.2, 0) is 0 Å². The summed E-state index contributed by atoms with van der Waals surface area (Å²) in [6, 6.07) is 6.64. The highest BCUT2D eigenvalue weighted by Gasteiger charge is 2.29. The van der Waals surface area contributed by atoms with Crippen LogP contribution in [0, 0.1) is 11.7 Å². The van der Waals surface area contributed by atoms with Crippen molar-refractivity contribution < 1.29 is 14.3 Å². The summed E-state index contributed by atoms with van der Waals surface area (Å²) in [6.45, 7) is 4.73. The minimum atomic E-state index is -0.381. The third kappa shape index (κ3) is 4.63. The van der Waals surface area contributed by atoms with Crippen LogP contribution in [0.2, 0.25) is 0 Å². The molecule has 0 bridgehead atoms. The maximum atomic E-state index is 13.5. The van der Waals surface area contributed by atoms with Crippen molar-refractivity contribution >= 4 is 11.7 Å². The molecule has 0 aliphatic carbocycles. The molecule has 0 aromatic heterocycles. The Morgan fingerprint density at radius 3 is 2.84 bits per heavy atom. The number of carbonyl (C=O) groups is 1. The number of aliphatic hydroxyl groups excluding tert-OH is 1. The van der Waals surface area contributed by atoms with E-state index in [2.05, 4.69) is 10.2 Å². The molecule has 25 heavy (non-hydrogen) atoms. The molecular weight excluding hydrogens is 321 g/mol. The lowest BCUT2D eigenvalue weighted by Crippen LogP contribution is -2.54. The molecule has 0 radical (unpaired) electrons. The average Bonchev–Trinajstić information content (AvgIpc) is 2.62. The highest BCUT2D eigenvalue weighted by atomic mass is 19.1. The van der Waals surface area contributed by atoms with E-state index in [4.69, 9.17) is 0 Å². The van der Waals surface area contributed by atoms with E-state index in [1.807, 2.05) is 11.0 Å². The van der Waals surface area contributed by atoms with Crippen LogP contribution in [-0.4, -0.2) is 54.4 Å². The monoisotopic (exact) mass is 349 g/mol. The van der Waals surface area contributed by atoms with Crippen LogP contribution >= 0.6 is 0 Å². The number of rotatable bonds is 3. The summed E-state index contributed by atoms with van der Waals surface area (Å²) in [4.78, 5) is 16.5. The molecule has 0 spiro atoms. The Balaban J connectivity index is 1.56. The number of benzene rings is 1. The number of hydrogen-bond donors (Lipinski definition) is 2. The summed E-state index contributed by atoms with van der Waals surface area (Å²) in [5.41, 5.74) is 0.867. The van der Waals surface area contributed by atoms with E-state index in [-0.39, 0.29) is 29.9 Å². The summed E-state index contributed by atoms with van der Waals surface area (Å²) in [6.07, 6.45) is 3.43. The predicted octanol–water partition coefficient (Wildman–Crippen LogP) is 2.60. The fourth-order valence-corrected chi connectivity index (χ4v) is 3.86. The first-order valence-electron chi connectivity index (χ1n) is 9.27. The molecule has 2 N–H and O–H groups in total. The first-order chi connectivity index (χ1) is 12.0. The molecule has 3 rings (SSSR count). The normalized spacial score (nSPS) is 25.6. The van der Waals surface area contributed by atoms with E-state index >= 15 is 0 Å². The molecule has 5 nitrogen and oxygen atoms in total. The SMILES string of the molecule is CC(O)C1CCCN(C(=O)NC2CCCN(c3cccc(F)c3)C2)C1. The maximum Gasteiger partial charge on any atom is 0.317 e. The summed E-state index contributed by atoms with van der Waals surface area (Å²) >= 11 is 0. The number of piperidine rings is 2. The largest absolute Gasteiger partial charge is 0.393 e. The maximum absolute atomic E-state index is 13.5. The molecule has 138 valence electrons. The number of halogens is 1.